The molecule has 0 spiro atoms. The first kappa shape index (κ1) is 19.9. The van der Waals surface area contributed by atoms with E-state index in [1.165, 1.54) is 6.92 Å². The molecule has 5 heteroatoms. The van der Waals surface area contributed by atoms with E-state index in [1.54, 1.807) is 0 Å². The zero-order chi connectivity index (χ0) is 18.3. The Labute approximate surface area is 142 Å². The fourth-order valence-corrected chi connectivity index (χ4v) is 3.18. The molecule has 0 aliphatic heterocycles. The van der Waals surface area contributed by atoms with Gasteiger partial charge in [0.2, 0.25) is 0 Å². The highest BCUT2D eigenvalue weighted by molar-refractivity contribution is 5.89. The summed E-state index contributed by atoms with van der Waals surface area (Å²) >= 11 is 0. The van der Waals surface area contributed by atoms with Crippen LogP contribution in [0.1, 0.15) is 39.2 Å². The van der Waals surface area contributed by atoms with Gasteiger partial charge in [-0.3, -0.25) is 14.4 Å². The molecule has 1 aromatic carbocycles. The van der Waals surface area contributed by atoms with Crippen molar-refractivity contribution in [3.8, 4) is 0 Å². The Kier molecular flexibility index (Phi) is 7.62. The molecule has 0 amide bonds. The molecule has 0 saturated carbocycles. The number of aliphatic carboxylic acids is 2. The van der Waals surface area contributed by atoms with E-state index >= 15 is 0 Å². The predicted octanol–water partition coefficient (Wildman–Crippen LogP) is 3.27. The molecule has 0 fully saturated rings. The molecule has 0 aromatic heterocycles. The SMILES string of the molecule is CC(=O)C(C(CCc1ccccc1)C(=O)O)[C@@H](CC(C)C)C(=O)O. The number of hydrogen-bond donors (Lipinski definition) is 2. The molecule has 0 bridgehead atoms. The minimum absolute atomic E-state index is 0.0662. The van der Waals surface area contributed by atoms with Crippen molar-refractivity contribution in [1.29, 1.82) is 0 Å². The van der Waals surface area contributed by atoms with Gasteiger partial charge in [-0.25, -0.2) is 0 Å². The van der Waals surface area contributed by atoms with Gasteiger partial charge in [0, 0.05) is 5.92 Å². The smallest absolute Gasteiger partial charge is 0.307 e. The van der Waals surface area contributed by atoms with E-state index in [-0.39, 0.29) is 24.5 Å². The fraction of sp³-hybridized carbons (Fsp3) is 0.526. The Morgan fingerprint density at radius 2 is 1.50 bits per heavy atom. The van der Waals surface area contributed by atoms with E-state index < -0.39 is 29.7 Å². The summed E-state index contributed by atoms with van der Waals surface area (Å²) in [4.78, 5) is 35.5. The predicted molar refractivity (Wildman–Crippen MR) is 90.6 cm³/mol. The second kappa shape index (κ2) is 9.21. The number of Topliss-reactive ketones (excluding diaryl/α,β-unsaturated/α-hetero) is 1. The molecule has 24 heavy (non-hydrogen) atoms. The number of carbonyl (C=O) groups is 3. The van der Waals surface area contributed by atoms with Crippen LogP contribution in [0.3, 0.4) is 0 Å². The molecule has 0 radical (unpaired) electrons. The summed E-state index contributed by atoms with van der Waals surface area (Å²) in [5.41, 5.74) is 0.974. The lowest BCUT2D eigenvalue weighted by Crippen LogP contribution is -2.39. The summed E-state index contributed by atoms with van der Waals surface area (Å²) in [6.07, 6.45) is 1.02. The van der Waals surface area contributed by atoms with Gasteiger partial charge in [-0.15, -0.1) is 0 Å². The molecular weight excluding hydrogens is 308 g/mol. The number of carboxylic acids is 2. The number of ketones is 1. The zero-order valence-corrected chi connectivity index (χ0v) is 14.4. The van der Waals surface area contributed by atoms with Gasteiger partial charge in [0.1, 0.15) is 5.78 Å². The standard InChI is InChI=1S/C19H26O5/c1-12(2)11-16(19(23)24)17(13(3)20)15(18(21)22)10-9-14-7-5-4-6-8-14/h4-8,12,15-17H,9-11H2,1-3H3,(H,21,22)(H,23,24)/t15?,16-,17?/m1/s1. The van der Waals surface area contributed by atoms with Crippen molar-refractivity contribution in [1.82, 2.24) is 0 Å². The Hall–Kier alpha value is -2.17. The second-order valence-corrected chi connectivity index (χ2v) is 6.68. The third-order valence-corrected chi connectivity index (χ3v) is 4.28. The van der Waals surface area contributed by atoms with Crippen molar-refractivity contribution in [2.75, 3.05) is 0 Å². The number of rotatable bonds is 10. The highest BCUT2D eigenvalue weighted by Gasteiger charge is 2.41. The first-order chi connectivity index (χ1) is 11.2. The first-order valence-corrected chi connectivity index (χ1v) is 8.24. The van der Waals surface area contributed by atoms with Gasteiger partial charge >= 0.3 is 11.9 Å². The maximum absolute atomic E-state index is 12.1. The number of hydrogen-bond acceptors (Lipinski definition) is 3. The van der Waals surface area contributed by atoms with Gasteiger partial charge in [0.05, 0.1) is 11.8 Å². The third-order valence-electron chi connectivity index (χ3n) is 4.28. The molecule has 0 aliphatic rings. The average Bonchev–Trinajstić information content (AvgIpc) is 2.49. The topological polar surface area (TPSA) is 91.7 Å². The quantitative estimate of drug-likeness (QED) is 0.685. The van der Waals surface area contributed by atoms with E-state index in [1.807, 2.05) is 44.2 Å². The minimum Gasteiger partial charge on any atom is -0.481 e. The number of carbonyl (C=O) groups excluding carboxylic acids is 1. The van der Waals surface area contributed by atoms with Crippen molar-refractivity contribution >= 4 is 17.7 Å². The maximum Gasteiger partial charge on any atom is 0.307 e. The Balaban J connectivity index is 3.03. The van der Waals surface area contributed by atoms with Crippen LogP contribution >= 0.6 is 0 Å². The molecular formula is C19H26O5. The summed E-state index contributed by atoms with van der Waals surface area (Å²) in [6.45, 7) is 5.03. The van der Waals surface area contributed by atoms with Crippen LogP contribution < -0.4 is 0 Å². The lowest BCUT2D eigenvalue weighted by Gasteiger charge is -2.28. The highest BCUT2D eigenvalue weighted by Crippen LogP contribution is 2.31. The lowest BCUT2D eigenvalue weighted by molar-refractivity contribution is -0.154. The average molecular weight is 334 g/mol. The van der Waals surface area contributed by atoms with Gasteiger partial charge in [-0.05, 0) is 37.7 Å². The van der Waals surface area contributed by atoms with Crippen LogP contribution in [0.15, 0.2) is 30.3 Å². The van der Waals surface area contributed by atoms with E-state index in [0.717, 1.165) is 5.56 Å². The van der Waals surface area contributed by atoms with Crippen LogP contribution in [0.25, 0.3) is 0 Å². The molecule has 5 nitrogen and oxygen atoms in total. The number of benzene rings is 1. The van der Waals surface area contributed by atoms with Gasteiger partial charge in [0.25, 0.3) is 0 Å². The Morgan fingerprint density at radius 1 is 0.958 bits per heavy atom. The summed E-state index contributed by atoms with van der Waals surface area (Å²) in [5, 5.41) is 19.1. The molecule has 1 aromatic rings. The summed E-state index contributed by atoms with van der Waals surface area (Å²) in [7, 11) is 0. The van der Waals surface area contributed by atoms with E-state index in [0.29, 0.717) is 6.42 Å². The summed E-state index contributed by atoms with van der Waals surface area (Å²) in [5.74, 6) is -5.50. The third kappa shape index (κ3) is 5.80. The largest absolute Gasteiger partial charge is 0.481 e. The molecule has 132 valence electrons. The van der Waals surface area contributed by atoms with Crippen molar-refractivity contribution in [2.45, 2.75) is 40.0 Å². The molecule has 2 unspecified atom stereocenters. The maximum atomic E-state index is 12.1. The van der Waals surface area contributed by atoms with Crippen molar-refractivity contribution in [2.24, 2.45) is 23.7 Å². The van der Waals surface area contributed by atoms with Crippen LogP contribution in [0.2, 0.25) is 0 Å². The molecule has 3 atom stereocenters. The molecule has 0 saturated heterocycles. The van der Waals surface area contributed by atoms with Gasteiger partial charge in [-0.2, -0.15) is 0 Å². The van der Waals surface area contributed by atoms with E-state index in [9.17, 15) is 24.6 Å². The number of aryl methyl sites for hydroxylation is 1. The monoisotopic (exact) mass is 334 g/mol. The van der Waals surface area contributed by atoms with Crippen LogP contribution in [0.4, 0.5) is 0 Å². The fourth-order valence-electron chi connectivity index (χ4n) is 3.18. The van der Waals surface area contributed by atoms with Crippen molar-refractivity contribution in [3.63, 3.8) is 0 Å². The zero-order valence-electron chi connectivity index (χ0n) is 14.4. The van der Waals surface area contributed by atoms with Crippen LogP contribution in [-0.4, -0.2) is 27.9 Å². The van der Waals surface area contributed by atoms with Crippen LogP contribution in [0, 0.1) is 23.7 Å². The first-order valence-electron chi connectivity index (χ1n) is 8.24. The van der Waals surface area contributed by atoms with Gasteiger partial charge < -0.3 is 10.2 Å². The number of carboxylic acid groups (broad SMARTS) is 2. The van der Waals surface area contributed by atoms with Crippen molar-refractivity contribution < 1.29 is 24.6 Å². The second-order valence-electron chi connectivity index (χ2n) is 6.68. The normalized spacial score (nSPS) is 14.8. The lowest BCUT2D eigenvalue weighted by atomic mass is 9.73. The van der Waals surface area contributed by atoms with E-state index in [2.05, 4.69) is 0 Å². The molecule has 0 heterocycles. The Bertz CT molecular complexity index is 564. The highest BCUT2D eigenvalue weighted by atomic mass is 16.4. The molecule has 1 rings (SSSR count). The molecule has 2 N–H and O–H groups in total. The van der Waals surface area contributed by atoms with E-state index in [4.69, 9.17) is 0 Å². The van der Waals surface area contributed by atoms with Gasteiger partial charge in [0.15, 0.2) is 0 Å². The van der Waals surface area contributed by atoms with Crippen molar-refractivity contribution in [3.05, 3.63) is 35.9 Å². The molecule has 0 aliphatic carbocycles. The van der Waals surface area contributed by atoms with Crippen LogP contribution in [-0.2, 0) is 20.8 Å². The summed E-state index contributed by atoms with van der Waals surface area (Å²) < 4.78 is 0. The Morgan fingerprint density at radius 3 is 1.92 bits per heavy atom. The van der Waals surface area contributed by atoms with Crippen LogP contribution in [0.5, 0.6) is 0 Å². The summed E-state index contributed by atoms with van der Waals surface area (Å²) in [6, 6.07) is 9.40. The minimum atomic E-state index is -1.11. The van der Waals surface area contributed by atoms with Gasteiger partial charge in [-0.1, -0.05) is 44.2 Å².